The van der Waals surface area contributed by atoms with Crippen LogP contribution in [0.1, 0.15) is 23.6 Å². The number of pyridine rings is 1. The highest BCUT2D eigenvalue weighted by molar-refractivity contribution is 5.87. The molecule has 0 radical (unpaired) electrons. The van der Waals surface area contributed by atoms with E-state index in [1.165, 1.54) is 6.92 Å². The highest BCUT2D eigenvalue weighted by Crippen LogP contribution is 2.21. The van der Waals surface area contributed by atoms with Gasteiger partial charge in [0.05, 0.1) is 5.52 Å². The lowest BCUT2D eigenvalue weighted by atomic mass is 10.0. The molecule has 0 amide bonds. The predicted molar refractivity (Wildman–Crippen MR) is 73.0 cm³/mol. The minimum absolute atomic E-state index is 0.0109. The number of hydrogen-bond donors (Lipinski definition) is 0. The van der Waals surface area contributed by atoms with E-state index in [0.717, 1.165) is 22.0 Å². The number of fused-ring (bicyclic) bond motifs is 1. The van der Waals surface area contributed by atoms with Crippen LogP contribution in [-0.4, -0.2) is 10.4 Å². The molecule has 0 aliphatic carbocycles. The molecule has 0 saturated carbocycles. The van der Waals surface area contributed by atoms with Crippen molar-refractivity contribution in [2.45, 2.75) is 27.2 Å². The standard InChI is InChI=1S/C15H17NO2/c1-9-5-6-10(2)14-13(9)8-12(7-11(3)17)15(18)16(14)4/h5-6,8H,7H2,1-4H3. The molecular formula is C15H17NO2. The van der Waals surface area contributed by atoms with Gasteiger partial charge in [-0.15, -0.1) is 0 Å². The first-order chi connectivity index (χ1) is 8.41. The zero-order chi connectivity index (χ0) is 13.4. The molecule has 0 atom stereocenters. The lowest BCUT2D eigenvalue weighted by molar-refractivity contribution is -0.116. The van der Waals surface area contributed by atoms with Crippen molar-refractivity contribution in [3.8, 4) is 0 Å². The van der Waals surface area contributed by atoms with Gasteiger partial charge in [-0.05, 0) is 38.0 Å². The van der Waals surface area contributed by atoms with Gasteiger partial charge < -0.3 is 4.57 Å². The number of nitrogens with zero attached hydrogens (tertiary/aromatic N) is 1. The van der Waals surface area contributed by atoms with E-state index in [2.05, 4.69) is 0 Å². The monoisotopic (exact) mass is 243 g/mol. The molecule has 3 heteroatoms. The van der Waals surface area contributed by atoms with Crippen molar-refractivity contribution < 1.29 is 4.79 Å². The molecule has 0 fully saturated rings. The maximum atomic E-state index is 12.2. The second-order valence-electron chi connectivity index (χ2n) is 4.87. The van der Waals surface area contributed by atoms with Gasteiger partial charge in [0.1, 0.15) is 5.78 Å². The summed E-state index contributed by atoms with van der Waals surface area (Å²) in [7, 11) is 1.76. The summed E-state index contributed by atoms with van der Waals surface area (Å²) in [4.78, 5) is 23.4. The fourth-order valence-electron chi connectivity index (χ4n) is 2.39. The van der Waals surface area contributed by atoms with Gasteiger partial charge in [0.2, 0.25) is 0 Å². The van der Waals surface area contributed by atoms with Gasteiger partial charge in [-0.3, -0.25) is 9.59 Å². The number of carbonyl (C=O) groups is 1. The first-order valence-electron chi connectivity index (χ1n) is 6.00. The molecule has 0 N–H and O–H groups in total. The van der Waals surface area contributed by atoms with Crippen molar-refractivity contribution in [2.75, 3.05) is 0 Å². The first kappa shape index (κ1) is 12.6. The van der Waals surface area contributed by atoms with E-state index in [1.54, 1.807) is 11.6 Å². The van der Waals surface area contributed by atoms with Crippen LogP contribution in [0.5, 0.6) is 0 Å². The van der Waals surface area contributed by atoms with Gasteiger partial charge in [-0.2, -0.15) is 0 Å². The number of aryl methyl sites for hydroxylation is 3. The molecule has 0 bridgehead atoms. The third-order valence-corrected chi connectivity index (χ3v) is 3.31. The number of Topliss-reactive ketones (excluding diaryl/α,β-unsaturated/α-hetero) is 1. The topological polar surface area (TPSA) is 39.1 Å². The summed E-state index contributed by atoms with van der Waals surface area (Å²) >= 11 is 0. The maximum absolute atomic E-state index is 12.2. The van der Waals surface area contributed by atoms with Gasteiger partial charge >= 0.3 is 0 Å². The van der Waals surface area contributed by atoms with Crippen molar-refractivity contribution >= 4 is 16.7 Å². The predicted octanol–water partition coefficient (Wildman–Crippen LogP) is 2.29. The number of aromatic nitrogens is 1. The molecule has 1 aromatic carbocycles. The second kappa shape index (κ2) is 4.41. The fraction of sp³-hybridized carbons (Fsp3) is 0.333. The van der Waals surface area contributed by atoms with E-state index in [-0.39, 0.29) is 17.8 Å². The average molecular weight is 243 g/mol. The van der Waals surface area contributed by atoms with Crippen LogP contribution in [0.25, 0.3) is 10.9 Å². The van der Waals surface area contributed by atoms with Gasteiger partial charge in [0, 0.05) is 24.4 Å². The van der Waals surface area contributed by atoms with Crippen molar-refractivity contribution in [1.82, 2.24) is 4.57 Å². The Bertz CT molecular complexity index is 696. The second-order valence-corrected chi connectivity index (χ2v) is 4.87. The Morgan fingerprint density at radius 3 is 2.44 bits per heavy atom. The molecule has 1 heterocycles. The number of hydrogen-bond acceptors (Lipinski definition) is 2. The van der Waals surface area contributed by atoms with E-state index < -0.39 is 0 Å². The van der Waals surface area contributed by atoms with Crippen LogP contribution in [0.4, 0.5) is 0 Å². The van der Waals surface area contributed by atoms with Gasteiger partial charge in [0.25, 0.3) is 5.56 Å². The molecule has 3 nitrogen and oxygen atoms in total. The minimum atomic E-state index is -0.0774. The lowest BCUT2D eigenvalue weighted by Crippen LogP contribution is -2.23. The average Bonchev–Trinajstić information content (AvgIpc) is 2.29. The smallest absolute Gasteiger partial charge is 0.254 e. The molecule has 0 unspecified atom stereocenters. The highest BCUT2D eigenvalue weighted by atomic mass is 16.1. The van der Waals surface area contributed by atoms with Crippen LogP contribution in [0.3, 0.4) is 0 Å². The largest absolute Gasteiger partial charge is 0.311 e. The van der Waals surface area contributed by atoms with E-state index in [9.17, 15) is 9.59 Å². The summed E-state index contributed by atoms with van der Waals surface area (Å²) in [5.74, 6) is 0.0109. The molecule has 0 aliphatic heterocycles. The summed E-state index contributed by atoms with van der Waals surface area (Å²) < 4.78 is 1.65. The van der Waals surface area contributed by atoms with Crippen molar-refractivity contribution in [2.24, 2.45) is 7.05 Å². The molecule has 18 heavy (non-hydrogen) atoms. The third kappa shape index (κ3) is 1.96. The van der Waals surface area contributed by atoms with E-state index >= 15 is 0 Å². The SMILES string of the molecule is CC(=O)Cc1cc2c(C)ccc(C)c2n(C)c1=O. The van der Waals surface area contributed by atoms with E-state index in [4.69, 9.17) is 0 Å². The van der Waals surface area contributed by atoms with Gasteiger partial charge in [-0.1, -0.05) is 12.1 Å². The van der Waals surface area contributed by atoms with E-state index in [0.29, 0.717) is 5.56 Å². The van der Waals surface area contributed by atoms with Crippen LogP contribution in [0.15, 0.2) is 23.0 Å². The maximum Gasteiger partial charge on any atom is 0.254 e. The Kier molecular flexibility index (Phi) is 3.07. The molecule has 0 saturated heterocycles. The molecule has 2 aromatic rings. The molecule has 1 aromatic heterocycles. The number of rotatable bonds is 2. The molecular weight excluding hydrogens is 226 g/mol. The van der Waals surface area contributed by atoms with Gasteiger partial charge in [0.15, 0.2) is 0 Å². The normalized spacial score (nSPS) is 10.9. The summed E-state index contributed by atoms with van der Waals surface area (Å²) in [6.07, 6.45) is 0.204. The summed E-state index contributed by atoms with van der Waals surface area (Å²) in [5, 5.41) is 1.05. The van der Waals surface area contributed by atoms with Crippen LogP contribution in [-0.2, 0) is 18.3 Å². The summed E-state index contributed by atoms with van der Waals surface area (Å²) in [5.41, 5.74) is 3.64. The Labute approximate surface area is 106 Å². The number of ketones is 1. The number of carbonyl (C=O) groups excluding carboxylic acids is 1. The first-order valence-corrected chi connectivity index (χ1v) is 6.00. The van der Waals surface area contributed by atoms with Crippen molar-refractivity contribution in [3.63, 3.8) is 0 Å². The Morgan fingerprint density at radius 1 is 1.22 bits per heavy atom. The van der Waals surface area contributed by atoms with Crippen LogP contribution < -0.4 is 5.56 Å². The van der Waals surface area contributed by atoms with E-state index in [1.807, 2.05) is 32.0 Å². The summed E-state index contributed by atoms with van der Waals surface area (Å²) in [6.45, 7) is 5.52. The Hall–Kier alpha value is -1.90. The van der Waals surface area contributed by atoms with Crippen LogP contribution in [0, 0.1) is 13.8 Å². The zero-order valence-corrected chi connectivity index (χ0v) is 11.2. The van der Waals surface area contributed by atoms with Crippen LogP contribution >= 0.6 is 0 Å². The zero-order valence-electron chi connectivity index (χ0n) is 11.2. The molecule has 0 aliphatic rings. The minimum Gasteiger partial charge on any atom is -0.311 e. The molecule has 2 rings (SSSR count). The fourth-order valence-corrected chi connectivity index (χ4v) is 2.39. The number of benzene rings is 1. The lowest BCUT2D eigenvalue weighted by Gasteiger charge is -2.12. The third-order valence-electron chi connectivity index (χ3n) is 3.31. The van der Waals surface area contributed by atoms with Crippen molar-refractivity contribution in [3.05, 3.63) is 45.2 Å². The van der Waals surface area contributed by atoms with Crippen molar-refractivity contribution in [1.29, 1.82) is 0 Å². The molecule has 94 valence electrons. The Balaban J connectivity index is 2.88. The quantitative estimate of drug-likeness (QED) is 0.811. The van der Waals surface area contributed by atoms with Crippen LogP contribution in [0.2, 0.25) is 0 Å². The highest BCUT2D eigenvalue weighted by Gasteiger charge is 2.11. The molecule has 0 spiro atoms. The Morgan fingerprint density at radius 2 is 1.83 bits per heavy atom. The van der Waals surface area contributed by atoms with Gasteiger partial charge in [-0.25, -0.2) is 0 Å². The summed E-state index contributed by atoms with van der Waals surface area (Å²) in [6, 6.07) is 5.92.